The van der Waals surface area contributed by atoms with Crippen molar-refractivity contribution in [3.05, 3.63) is 47.0 Å². The van der Waals surface area contributed by atoms with E-state index >= 15 is 0 Å². The van der Waals surface area contributed by atoms with Crippen molar-refractivity contribution in [1.82, 2.24) is 14.5 Å². The van der Waals surface area contributed by atoms with E-state index in [1.807, 2.05) is 17.7 Å². The van der Waals surface area contributed by atoms with Crippen LogP contribution < -0.4 is 10.6 Å². The van der Waals surface area contributed by atoms with Gasteiger partial charge in [-0.05, 0) is 51.3 Å². The molecule has 3 rings (SSSR count). The predicted octanol–water partition coefficient (Wildman–Crippen LogP) is 3.72. The summed E-state index contributed by atoms with van der Waals surface area (Å²) in [6, 6.07) is 6.31. The van der Waals surface area contributed by atoms with Gasteiger partial charge in [-0.2, -0.15) is 5.26 Å². The number of aryl methyl sites for hydroxylation is 3. The SMILES string of the molecule is CN(C(=O)OC(C)(C)C)c1nc(N)c(CCc2ccc(F)c(C#N)c2)c2c1ncn2C. The summed E-state index contributed by atoms with van der Waals surface area (Å²) in [6.45, 7) is 5.35. The normalized spacial score (nSPS) is 11.4. The molecule has 2 aromatic heterocycles. The summed E-state index contributed by atoms with van der Waals surface area (Å²) in [4.78, 5) is 22.7. The van der Waals surface area contributed by atoms with Crippen molar-refractivity contribution in [1.29, 1.82) is 5.26 Å². The number of rotatable bonds is 4. The van der Waals surface area contributed by atoms with Crippen molar-refractivity contribution >= 4 is 28.8 Å². The number of nitrogen functional groups attached to an aromatic ring is 1. The number of anilines is 2. The smallest absolute Gasteiger partial charge is 0.415 e. The highest BCUT2D eigenvalue weighted by atomic mass is 19.1. The van der Waals surface area contributed by atoms with Gasteiger partial charge in [0.15, 0.2) is 5.82 Å². The second-order valence-electron chi connectivity index (χ2n) is 8.32. The summed E-state index contributed by atoms with van der Waals surface area (Å²) in [5.74, 6) is 0.0276. The number of carbonyl (C=O) groups is 1. The van der Waals surface area contributed by atoms with Gasteiger partial charge in [-0.15, -0.1) is 0 Å². The molecule has 0 saturated carbocycles. The van der Waals surface area contributed by atoms with Gasteiger partial charge in [-0.25, -0.2) is 19.2 Å². The number of ether oxygens (including phenoxy) is 1. The highest BCUT2D eigenvalue weighted by molar-refractivity contribution is 5.99. The van der Waals surface area contributed by atoms with Gasteiger partial charge in [0.05, 0.1) is 17.4 Å². The molecule has 0 spiro atoms. The van der Waals surface area contributed by atoms with Crippen molar-refractivity contribution in [2.24, 2.45) is 7.05 Å². The number of aromatic nitrogens is 3. The molecule has 1 amide bonds. The predicted molar refractivity (Wildman–Crippen MR) is 116 cm³/mol. The molecule has 0 saturated heterocycles. The fourth-order valence-electron chi connectivity index (χ4n) is 3.29. The van der Waals surface area contributed by atoms with Crippen LogP contribution in [0.3, 0.4) is 0 Å². The molecule has 31 heavy (non-hydrogen) atoms. The highest BCUT2D eigenvalue weighted by Crippen LogP contribution is 2.31. The van der Waals surface area contributed by atoms with E-state index in [9.17, 15) is 9.18 Å². The van der Waals surface area contributed by atoms with Crippen LogP contribution in [0.5, 0.6) is 0 Å². The minimum Gasteiger partial charge on any atom is -0.443 e. The molecule has 0 atom stereocenters. The molecule has 1 aromatic carbocycles. The molecule has 3 aromatic rings. The maximum Gasteiger partial charge on any atom is 0.415 e. The van der Waals surface area contributed by atoms with Crippen LogP contribution in [0.1, 0.15) is 37.5 Å². The van der Waals surface area contributed by atoms with Crippen LogP contribution in [0.25, 0.3) is 11.0 Å². The van der Waals surface area contributed by atoms with Gasteiger partial charge in [-0.1, -0.05) is 6.07 Å². The summed E-state index contributed by atoms with van der Waals surface area (Å²) in [5.41, 5.74) is 8.48. The number of halogens is 1. The lowest BCUT2D eigenvalue weighted by molar-refractivity contribution is 0.0588. The van der Waals surface area contributed by atoms with Crippen LogP contribution in [0.2, 0.25) is 0 Å². The number of imidazole rings is 1. The third-order valence-electron chi connectivity index (χ3n) is 4.77. The number of nitriles is 1. The number of amides is 1. The number of nitrogens with two attached hydrogens (primary N) is 1. The van der Waals surface area contributed by atoms with E-state index in [1.54, 1.807) is 40.2 Å². The van der Waals surface area contributed by atoms with Crippen molar-refractivity contribution < 1.29 is 13.9 Å². The standard InChI is InChI=1S/C22H25FN6O2/c1-22(2,3)31-21(30)29(5)20-17-18(28(4)12-26-17)15(19(25)27-20)8-6-13-7-9-16(23)14(10-13)11-24/h7,9-10,12H,6,8H2,1-5H3,(H2,25,27). The first kappa shape index (κ1) is 22.0. The molecule has 9 heteroatoms. The lowest BCUT2D eigenvalue weighted by atomic mass is 10.0. The monoisotopic (exact) mass is 424 g/mol. The first-order chi connectivity index (χ1) is 14.5. The number of nitrogens with zero attached hydrogens (tertiary/aromatic N) is 5. The Balaban J connectivity index is 1.97. The van der Waals surface area contributed by atoms with Crippen LogP contribution in [0, 0.1) is 17.1 Å². The highest BCUT2D eigenvalue weighted by Gasteiger charge is 2.26. The zero-order chi connectivity index (χ0) is 22.9. The van der Waals surface area contributed by atoms with E-state index in [0.29, 0.717) is 24.2 Å². The van der Waals surface area contributed by atoms with E-state index in [4.69, 9.17) is 15.7 Å². The van der Waals surface area contributed by atoms with Crippen LogP contribution in [0.15, 0.2) is 24.5 Å². The maximum absolute atomic E-state index is 13.6. The minimum atomic E-state index is -0.655. The molecular formula is C22H25FN6O2. The molecule has 0 aliphatic carbocycles. The van der Waals surface area contributed by atoms with Gasteiger partial charge in [0.1, 0.15) is 28.8 Å². The second kappa shape index (κ2) is 8.22. The summed E-state index contributed by atoms with van der Waals surface area (Å²) >= 11 is 0. The van der Waals surface area contributed by atoms with E-state index in [0.717, 1.165) is 16.6 Å². The maximum atomic E-state index is 13.6. The van der Waals surface area contributed by atoms with Crippen LogP contribution >= 0.6 is 0 Å². The summed E-state index contributed by atoms with van der Waals surface area (Å²) < 4.78 is 20.8. The number of hydrogen-bond acceptors (Lipinski definition) is 6. The summed E-state index contributed by atoms with van der Waals surface area (Å²) in [7, 11) is 3.40. The molecule has 2 heterocycles. The molecule has 162 valence electrons. The van der Waals surface area contributed by atoms with E-state index in [2.05, 4.69) is 9.97 Å². The minimum absolute atomic E-state index is 0.00334. The van der Waals surface area contributed by atoms with Gasteiger partial charge < -0.3 is 15.0 Å². The quantitative estimate of drug-likeness (QED) is 0.683. The largest absolute Gasteiger partial charge is 0.443 e. The Morgan fingerprint density at radius 1 is 1.35 bits per heavy atom. The Hall–Kier alpha value is -3.67. The topological polar surface area (TPSA) is 110 Å². The first-order valence-corrected chi connectivity index (χ1v) is 9.76. The summed E-state index contributed by atoms with van der Waals surface area (Å²) in [6.07, 6.45) is 2.10. The van der Waals surface area contributed by atoms with Crippen molar-refractivity contribution in [2.45, 2.75) is 39.2 Å². The zero-order valence-electron chi connectivity index (χ0n) is 18.2. The number of benzene rings is 1. The summed E-state index contributed by atoms with van der Waals surface area (Å²) in [5, 5.41) is 9.05. The van der Waals surface area contributed by atoms with Crippen LogP contribution in [-0.4, -0.2) is 33.3 Å². The number of pyridine rings is 1. The van der Waals surface area contributed by atoms with E-state index < -0.39 is 17.5 Å². The Morgan fingerprint density at radius 2 is 2.06 bits per heavy atom. The molecule has 0 fully saturated rings. The van der Waals surface area contributed by atoms with Crippen molar-refractivity contribution in [2.75, 3.05) is 17.7 Å². The molecule has 0 aliphatic heterocycles. The van der Waals surface area contributed by atoms with Crippen molar-refractivity contribution in [3.63, 3.8) is 0 Å². The van der Waals surface area contributed by atoms with Gasteiger partial charge >= 0.3 is 6.09 Å². The Kier molecular flexibility index (Phi) is 5.84. The van der Waals surface area contributed by atoms with Gasteiger partial charge in [0.25, 0.3) is 0 Å². The molecule has 2 N–H and O–H groups in total. The lowest BCUT2D eigenvalue weighted by Crippen LogP contribution is -2.35. The third-order valence-corrected chi connectivity index (χ3v) is 4.77. The molecule has 0 bridgehead atoms. The number of carbonyl (C=O) groups excluding carboxylic acids is 1. The van der Waals surface area contributed by atoms with Gasteiger partial charge in [0, 0.05) is 19.7 Å². The second-order valence-corrected chi connectivity index (χ2v) is 8.32. The van der Waals surface area contributed by atoms with Crippen molar-refractivity contribution in [3.8, 4) is 6.07 Å². The number of hydrogen-bond donors (Lipinski definition) is 1. The third kappa shape index (κ3) is 4.58. The molecule has 0 unspecified atom stereocenters. The molecule has 0 aliphatic rings. The Bertz CT molecular complexity index is 1190. The first-order valence-electron chi connectivity index (χ1n) is 9.76. The fraction of sp³-hybridized carbons (Fsp3) is 0.364. The van der Waals surface area contributed by atoms with Crippen LogP contribution in [-0.2, 0) is 24.6 Å². The Morgan fingerprint density at radius 3 is 2.71 bits per heavy atom. The van der Waals surface area contributed by atoms with E-state index in [-0.39, 0.29) is 11.4 Å². The fourth-order valence-corrected chi connectivity index (χ4v) is 3.29. The number of fused-ring (bicyclic) bond motifs is 1. The van der Waals surface area contributed by atoms with E-state index in [1.165, 1.54) is 17.0 Å². The van der Waals surface area contributed by atoms with Gasteiger partial charge in [0.2, 0.25) is 0 Å². The van der Waals surface area contributed by atoms with Crippen LogP contribution in [0.4, 0.5) is 20.8 Å². The molecular weight excluding hydrogens is 399 g/mol. The van der Waals surface area contributed by atoms with Gasteiger partial charge in [-0.3, -0.25) is 4.90 Å². The average molecular weight is 424 g/mol. The zero-order valence-corrected chi connectivity index (χ0v) is 18.2. The molecule has 8 nitrogen and oxygen atoms in total. The average Bonchev–Trinajstić information content (AvgIpc) is 3.07. The lowest BCUT2D eigenvalue weighted by Gasteiger charge is -2.24. The Labute approximate surface area is 180 Å². The molecule has 0 radical (unpaired) electrons.